The van der Waals surface area contributed by atoms with Gasteiger partial charge in [0.25, 0.3) is 0 Å². The third-order valence-corrected chi connectivity index (χ3v) is 1.99. The summed E-state index contributed by atoms with van der Waals surface area (Å²) in [6, 6.07) is 3.45. The molecule has 1 aromatic heterocycles. The van der Waals surface area contributed by atoms with Crippen molar-refractivity contribution in [2.75, 3.05) is 13.6 Å². The molecule has 1 heterocycles. The van der Waals surface area contributed by atoms with E-state index in [1.165, 1.54) is 12.3 Å². The van der Waals surface area contributed by atoms with E-state index in [9.17, 15) is 4.79 Å². The molecule has 0 bridgehead atoms. The lowest BCUT2D eigenvalue weighted by Gasteiger charge is -2.12. The molecule has 0 saturated heterocycles. The fraction of sp³-hybridized carbons (Fsp3) is 0.400. The zero-order valence-corrected chi connectivity index (χ0v) is 8.43. The van der Waals surface area contributed by atoms with Crippen molar-refractivity contribution < 1.29 is 14.3 Å². The van der Waals surface area contributed by atoms with Crippen molar-refractivity contribution in [2.24, 2.45) is 0 Å². The third-order valence-electron chi connectivity index (χ3n) is 1.99. The molecule has 0 aliphatic rings. The minimum atomic E-state index is -0.993. The van der Waals surface area contributed by atoms with Crippen LogP contribution in [0, 0.1) is 11.3 Å². The Bertz CT molecular complexity index is 378. The molecule has 15 heavy (non-hydrogen) atoms. The first-order valence-electron chi connectivity index (χ1n) is 4.50. The number of carbonyl (C=O) groups is 1. The molecule has 0 saturated carbocycles. The first-order valence-corrected chi connectivity index (χ1v) is 4.50. The molecule has 5 heteroatoms. The van der Waals surface area contributed by atoms with E-state index in [1.807, 2.05) is 18.0 Å². The van der Waals surface area contributed by atoms with Crippen LogP contribution < -0.4 is 0 Å². The Morgan fingerprint density at radius 3 is 3.07 bits per heavy atom. The maximum Gasteiger partial charge on any atom is 0.339 e. The van der Waals surface area contributed by atoms with Crippen LogP contribution in [0.15, 0.2) is 16.7 Å². The van der Waals surface area contributed by atoms with Crippen molar-refractivity contribution in [1.29, 1.82) is 5.26 Å². The first kappa shape index (κ1) is 11.3. The average molecular weight is 208 g/mol. The van der Waals surface area contributed by atoms with Gasteiger partial charge in [0.05, 0.1) is 18.9 Å². The SMILES string of the molecule is CN(CCC#N)Cc1occc1C(=O)O. The Morgan fingerprint density at radius 1 is 1.73 bits per heavy atom. The summed E-state index contributed by atoms with van der Waals surface area (Å²) in [6.45, 7) is 0.993. The van der Waals surface area contributed by atoms with Gasteiger partial charge in [-0.2, -0.15) is 5.26 Å². The molecule has 0 spiro atoms. The van der Waals surface area contributed by atoms with Crippen LogP contribution in [0.1, 0.15) is 22.5 Å². The van der Waals surface area contributed by atoms with Gasteiger partial charge < -0.3 is 9.52 Å². The molecule has 5 nitrogen and oxygen atoms in total. The molecule has 1 rings (SSSR count). The van der Waals surface area contributed by atoms with Gasteiger partial charge in [-0.3, -0.25) is 4.90 Å². The second-order valence-corrected chi connectivity index (χ2v) is 3.21. The number of carboxylic acid groups (broad SMARTS) is 1. The third kappa shape index (κ3) is 3.11. The minimum absolute atomic E-state index is 0.179. The quantitative estimate of drug-likeness (QED) is 0.789. The second-order valence-electron chi connectivity index (χ2n) is 3.21. The van der Waals surface area contributed by atoms with Crippen LogP contribution >= 0.6 is 0 Å². The highest BCUT2D eigenvalue weighted by atomic mass is 16.4. The van der Waals surface area contributed by atoms with Crippen molar-refractivity contribution in [3.05, 3.63) is 23.7 Å². The minimum Gasteiger partial charge on any atom is -0.478 e. The fourth-order valence-electron chi connectivity index (χ4n) is 1.22. The maximum atomic E-state index is 10.7. The Balaban J connectivity index is 2.60. The highest BCUT2D eigenvalue weighted by molar-refractivity contribution is 5.88. The fourth-order valence-corrected chi connectivity index (χ4v) is 1.22. The van der Waals surface area contributed by atoms with Gasteiger partial charge in [-0.05, 0) is 13.1 Å². The molecule has 0 radical (unpaired) electrons. The largest absolute Gasteiger partial charge is 0.478 e. The number of nitriles is 1. The van der Waals surface area contributed by atoms with E-state index in [2.05, 4.69) is 0 Å². The lowest BCUT2D eigenvalue weighted by Crippen LogP contribution is -2.19. The van der Waals surface area contributed by atoms with Crippen molar-refractivity contribution in [2.45, 2.75) is 13.0 Å². The molecule has 1 N–H and O–H groups in total. The lowest BCUT2D eigenvalue weighted by molar-refractivity contribution is 0.0693. The summed E-state index contributed by atoms with van der Waals surface area (Å²) in [5.41, 5.74) is 0.179. The molecular weight excluding hydrogens is 196 g/mol. The van der Waals surface area contributed by atoms with Gasteiger partial charge in [-0.25, -0.2) is 4.79 Å². The van der Waals surface area contributed by atoms with Crippen molar-refractivity contribution in [3.63, 3.8) is 0 Å². The molecular formula is C10H12N2O3. The van der Waals surface area contributed by atoms with E-state index in [1.54, 1.807) is 0 Å². The number of nitrogens with zero attached hydrogens (tertiary/aromatic N) is 2. The summed E-state index contributed by atoms with van der Waals surface area (Å²) in [7, 11) is 1.81. The normalized spacial score (nSPS) is 10.2. The smallest absolute Gasteiger partial charge is 0.339 e. The summed E-state index contributed by atoms with van der Waals surface area (Å²) in [5, 5.41) is 17.2. The van der Waals surface area contributed by atoms with Gasteiger partial charge >= 0.3 is 5.97 Å². The van der Waals surface area contributed by atoms with E-state index in [-0.39, 0.29) is 5.56 Å². The van der Waals surface area contributed by atoms with E-state index < -0.39 is 5.97 Å². The van der Waals surface area contributed by atoms with Crippen LogP contribution in [0.4, 0.5) is 0 Å². The summed E-state index contributed by atoms with van der Waals surface area (Å²) in [5.74, 6) is -0.574. The van der Waals surface area contributed by atoms with Gasteiger partial charge in [-0.1, -0.05) is 0 Å². The van der Waals surface area contributed by atoms with Gasteiger partial charge in [0.2, 0.25) is 0 Å². The van der Waals surface area contributed by atoms with Crippen LogP contribution in [0.25, 0.3) is 0 Å². The van der Waals surface area contributed by atoms with Gasteiger partial charge in [0.1, 0.15) is 11.3 Å². The van der Waals surface area contributed by atoms with E-state index in [4.69, 9.17) is 14.8 Å². The first-order chi connectivity index (χ1) is 7.15. The summed E-state index contributed by atoms with van der Waals surface area (Å²) in [4.78, 5) is 12.6. The number of aromatic carboxylic acids is 1. The number of rotatable bonds is 5. The summed E-state index contributed by atoms with van der Waals surface area (Å²) < 4.78 is 5.07. The van der Waals surface area contributed by atoms with Crippen LogP contribution in [-0.4, -0.2) is 29.6 Å². The number of hydrogen-bond donors (Lipinski definition) is 1. The maximum absolute atomic E-state index is 10.7. The molecule has 0 aliphatic heterocycles. The molecule has 0 atom stereocenters. The lowest BCUT2D eigenvalue weighted by atomic mass is 10.2. The molecule has 0 aromatic carbocycles. The van der Waals surface area contributed by atoms with E-state index in [0.717, 1.165) is 0 Å². The predicted octanol–water partition coefficient (Wildman–Crippen LogP) is 1.32. The monoisotopic (exact) mass is 208 g/mol. The van der Waals surface area contributed by atoms with Crippen molar-refractivity contribution >= 4 is 5.97 Å². The highest BCUT2D eigenvalue weighted by Crippen LogP contribution is 2.12. The topological polar surface area (TPSA) is 77.5 Å². The molecule has 0 aliphatic carbocycles. The average Bonchev–Trinajstić information content (AvgIpc) is 2.62. The van der Waals surface area contributed by atoms with Crippen LogP contribution in [0.5, 0.6) is 0 Å². The predicted molar refractivity (Wildman–Crippen MR) is 52.2 cm³/mol. The Labute approximate surface area is 87.5 Å². The number of hydrogen-bond acceptors (Lipinski definition) is 4. The zero-order chi connectivity index (χ0) is 11.3. The number of furan rings is 1. The van der Waals surface area contributed by atoms with Crippen LogP contribution in [-0.2, 0) is 6.54 Å². The molecule has 0 unspecified atom stereocenters. The van der Waals surface area contributed by atoms with E-state index >= 15 is 0 Å². The van der Waals surface area contributed by atoms with Crippen LogP contribution in [0.2, 0.25) is 0 Å². The summed E-state index contributed by atoms with van der Waals surface area (Å²) in [6.07, 6.45) is 1.77. The van der Waals surface area contributed by atoms with Gasteiger partial charge in [0, 0.05) is 13.0 Å². The van der Waals surface area contributed by atoms with Gasteiger partial charge in [0.15, 0.2) is 0 Å². The molecule has 1 aromatic rings. The molecule has 80 valence electrons. The standard InChI is InChI=1S/C10H12N2O3/c1-12(5-2-4-11)7-9-8(10(13)14)3-6-15-9/h3,6H,2,5,7H2,1H3,(H,13,14). The Kier molecular flexibility index (Phi) is 3.89. The molecule has 0 fully saturated rings. The van der Waals surface area contributed by atoms with Gasteiger partial charge in [-0.15, -0.1) is 0 Å². The highest BCUT2D eigenvalue weighted by Gasteiger charge is 2.14. The number of carboxylic acids is 1. The van der Waals surface area contributed by atoms with Crippen molar-refractivity contribution in [1.82, 2.24) is 4.90 Å². The van der Waals surface area contributed by atoms with E-state index in [0.29, 0.717) is 25.3 Å². The van der Waals surface area contributed by atoms with Crippen molar-refractivity contribution in [3.8, 4) is 6.07 Å². The zero-order valence-electron chi connectivity index (χ0n) is 8.43. The summed E-state index contributed by atoms with van der Waals surface area (Å²) >= 11 is 0. The molecule has 0 amide bonds. The Hall–Kier alpha value is -1.80. The Morgan fingerprint density at radius 2 is 2.47 bits per heavy atom. The van der Waals surface area contributed by atoms with Crippen LogP contribution in [0.3, 0.4) is 0 Å². The second kappa shape index (κ2) is 5.17.